The van der Waals surface area contributed by atoms with Gasteiger partial charge in [0.15, 0.2) is 0 Å². The molecule has 10 nitrogen and oxygen atoms in total. The third kappa shape index (κ3) is 5.50. The van der Waals surface area contributed by atoms with Crippen molar-refractivity contribution >= 4 is 44.7 Å². The van der Waals surface area contributed by atoms with Crippen LogP contribution in [0.2, 0.25) is 0 Å². The van der Waals surface area contributed by atoms with Crippen LogP contribution in [0.15, 0.2) is 97.1 Å². The minimum atomic E-state index is -0.171. The van der Waals surface area contributed by atoms with Gasteiger partial charge in [-0.05, 0) is 69.8 Å². The van der Waals surface area contributed by atoms with Crippen molar-refractivity contribution in [2.75, 3.05) is 0 Å². The van der Waals surface area contributed by atoms with E-state index in [1.54, 1.807) is 60.7 Å². The van der Waals surface area contributed by atoms with Crippen LogP contribution in [-0.4, -0.2) is 0 Å². The van der Waals surface area contributed by atoms with Gasteiger partial charge in [0.25, 0.3) is 0 Å². The topological polar surface area (TPSA) is 218 Å². The number of rotatable bonds is 4. The summed E-state index contributed by atoms with van der Waals surface area (Å²) < 4.78 is 0. The molecule has 0 amide bonds. The lowest BCUT2D eigenvalue weighted by Crippen LogP contribution is -2.05. The number of allylic oxidation sites excluding steroid dienone is 7. The molecule has 2 aliphatic carbocycles. The van der Waals surface area contributed by atoms with Crippen molar-refractivity contribution < 1.29 is 0 Å². The van der Waals surface area contributed by atoms with Gasteiger partial charge >= 0.3 is 0 Å². The predicted molar refractivity (Wildman–Crippen MR) is 211 cm³/mol. The molecule has 0 aliphatic heterocycles. The lowest BCUT2D eigenvalue weighted by atomic mass is 9.81. The average molecular weight is 733 g/mol. The number of hydrogen-bond acceptors (Lipinski definition) is 9. The Hall–Kier alpha value is -10.0. The number of nitrogens with zero attached hydrogens (tertiary/aromatic N) is 10. The number of fused-ring (bicyclic) bond motifs is 2. The van der Waals surface area contributed by atoms with Gasteiger partial charge in [0.05, 0.1) is 80.9 Å². The van der Waals surface area contributed by atoms with E-state index in [0.717, 1.165) is 0 Å². The summed E-state index contributed by atoms with van der Waals surface area (Å²) in [6.45, 7) is 8.51. The Morgan fingerprint density at radius 3 is 1.19 bits per heavy atom. The highest BCUT2D eigenvalue weighted by Gasteiger charge is 2.43. The first-order valence-corrected chi connectivity index (χ1v) is 17.0. The van der Waals surface area contributed by atoms with Gasteiger partial charge in [-0.25, -0.2) is 4.85 Å². The molecule has 0 aromatic heterocycles. The number of benzene rings is 5. The highest BCUT2D eigenvalue weighted by atomic mass is 14.7. The van der Waals surface area contributed by atoms with Crippen molar-refractivity contribution in [3.05, 3.63) is 186 Å². The molecule has 258 valence electrons. The molecule has 0 heterocycles. The molecule has 0 N–H and O–H groups in total. The normalized spacial score (nSPS) is 13.6. The molecule has 5 aromatic carbocycles. The molecule has 0 saturated heterocycles. The molecule has 0 bridgehead atoms. The molecule has 7 rings (SSSR count). The van der Waals surface area contributed by atoms with Gasteiger partial charge in [-0.15, -0.1) is 0 Å². The second kappa shape index (κ2) is 14.8. The third-order valence-electron chi connectivity index (χ3n) is 9.73. The molecular formula is C48H16N10. The third-order valence-corrected chi connectivity index (χ3v) is 9.73. The van der Waals surface area contributed by atoms with E-state index in [1.807, 2.05) is 24.3 Å². The van der Waals surface area contributed by atoms with E-state index in [2.05, 4.69) is 35.2 Å². The van der Waals surface area contributed by atoms with Crippen LogP contribution in [0.4, 0.5) is 0 Å². The molecule has 0 unspecified atom stereocenters. The largest absolute Gasteiger partial charge is 0.237 e. The molecule has 0 atom stereocenters. The zero-order valence-corrected chi connectivity index (χ0v) is 29.7. The van der Waals surface area contributed by atoms with Crippen molar-refractivity contribution in [2.24, 2.45) is 0 Å². The fourth-order valence-electron chi connectivity index (χ4n) is 7.55. The van der Waals surface area contributed by atoms with Gasteiger partial charge in [-0.2, -0.15) is 47.4 Å². The minimum Gasteiger partial charge on any atom is -0.237 e. The van der Waals surface area contributed by atoms with Crippen molar-refractivity contribution in [1.29, 1.82) is 47.4 Å². The maximum absolute atomic E-state index is 11.3. The van der Waals surface area contributed by atoms with E-state index >= 15 is 0 Å². The molecule has 2 aliphatic rings. The lowest BCUT2D eigenvalue weighted by molar-refractivity contribution is 1.38. The maximum atomic E-state index is 11.3. The van der Waals surface area contributed by atoms with Crippen LogP contribution in [0, 0.1) is 109 Å². The van der Waals surface area contributed by atoms with Crippen LogP contribution in [0.1, 0.15) is 77.9 Å². The summed E-state index contributed by atoms with van der Waals surface area (Å²) in [6.07, 6.45) is 0. The molecular weight excluding hydrogens is 717 g/mol. The summed E-state index contributed by atoms with van der Waals surface area (Å²) in [6, 6.07) is 44.6. The fourth-order valence-corrected chi connectivity index (χ4v) is 7.55. The first-order chi connectivity index (χ1) is 28.4. The van der Waals surface area contributed by atoms with Gasteiger partial charge in [0.2, 0.25) is 5.70 Å². The van der Waals surface area contributed by atoms with Gasteiger partial charge in [0, 0.05) is 33.4 Å². The molecule has 5 aromatic rings. The van der Waals surface area contributed by atoms with Crippen LogP contribution in [0.3, 0.4) is 0 Å². The monoisotopic (exact) mass is 732 g/mol. The zero-order valence-electron chi connectivity index (χ0n) is 29.7. The smallest absolute Gasteiger partial charge is 0.202 e. The zero-order chi connectivity index (χ0) is 41.1. The Balaban J connectivity index is 1.79. The highest BCUT2D eigenvalue weighted by molar-refractivity contribution is 6.36. The Kier molecular flexibility index (Phi) is 9.25. The standard InChI is InChI=1S/C48H16N10/c1-58-48(34-16-29(20-51)13-30(17-34)21-52)47-41(32-10-6-3-7-11-32)37(24-55)43-38(25-56)45-42(39(26-57)46(43)47)36(23-54)40(31-8-4-2-5-9-31)44(45)35(22-53)33-14-27(18-49)12-28(15-33)19-50/h2-17H/b44-35+,48-47-. The summed E-state index contributed by atoms with van der Waals surface area (Å²) >= 11 is 0. The lowest BCUT2D eigenvalue weighted by Gasteiger charge is -2.18. The van der Waals surface area contributed by atoms with Crippen LogP contribution in [-0.2, 0) is 0 Å². The van der Waals surface area contributed by atoms with Crippen LogP contribution in [0.25, 0.3) is 49.6 Å². The summed E-state index contributed by atoms with van der Waals surface area (Å²) in [5.41, 5.74) is 1.23. The molecule has 0 radical (unpaired) electrons. The molecule has 0 spiro atoms. The molecule has 58 heavy (non-hydrogen) atoms. The second-order valence-corrected chi connectivity index (χ2v) is 12.7. The first-order valence-electron chi connectivity index (χ1n) is 17.0. The van der Waals surface area contributed by atoms with E-state index in [1.165, 1.54) is 36.4 Å². The van der Waals surface area contributed by atoms with Gasteiger partial charge in [0.1, 0.15) is 30.3 Å². The van der Waals surface area contributed by atoms with Crippen molar-refractivity contribution in [1.82, 2.24) is 0 Å². The van der Waals surface area contributed by atoms with Gasteiger partial charge in [-0.1, -0.05) is 60.7 Å². The van der Waals surface area contributed by atoms with Gasteiger partial charge in [-0.3, -0.25) is 0 Å². The average Bonchev–Trinajstić information content (AvgIpc) is 3.79. The van der Waals surface area contributed by atoms with E-state index < -0.39 is 0 Å². The summed E-state index contributed by atoms with van der Waals surface area (Å²) in [5, 5.41) is 95.0. The quantitative estimate of drug-likeness (QED) is 0.127. The highest BCUT2D eigenvalue weighted by Crippen LogP contribution is 2.59. The number of hydrogen-bond donors (Lipinski definition) is 0. The predicted octanol–water partition coefficient (Wildman–Crippen LogP) is 9.03. The summed E-state index contributed by atoms with van der Waals surface area (Å²) in [7, 11) is 0. The fraction of sp³-hybridized carbons (Fsp3) is 0. The van der Waals surface area contributed by atoms with E-state index in [0.29, 0.717) is 11.1 Å². The summed E-state index contributed by atoms with van der Waals surface area (Å²) in [5.74, 6) is 0. The van der Waals surface area contributed by atoms with E-state index in [9.17, 15) is 47.4 Å². The second-order valence-electron chi connectivity index (χ2n) is 12.7. The SMILES string of the molecule is [C-]#[N+]/C(=C1/C(c2ccccc2)=C(C#N)c2c(C#N)c3c(c(C#N)c21)C(C#N)=C(c1ccccc1)/C3=C(/C#N)c1cc(C#N)cc(C#N)c1)c1cc(C#N)cc(C#N)c1. The Labute approximate surface area is 332 Å². The van der Waals surface area contributed by atoms with Crippen LogP contribution in [0.5, 0.6) is 0 Å². The van der Waals surface area contributed by atoms with Crippen molar-refractivity contribution in [3.8, 4) is 54.6 Å². The molecule has 0 fully saturated rings. The van der Waals surface area contributed by atoms with Gasteiger partial charge < -0.3 is 0 Å². The van der Waals surface area contributed by atoms with Crippen LogP contribution >= 0.6 is 0 Å². The minimum absolute atomic E-state index is 0.00893. The van der Waals surface area contributed by atoms with Crippen LogP contribution < -0.4 is 0 Å². The van der Waals surface area contributed by atoms with E-state index in [-0.39, 0.29) is 111 Å². The molecule has 0 saturated carbocycles. The maximum Gasteiger partial charge on any atom is 0.202 e. The van der Waals surface area contributed by atoms with Crippen molar-refractivity contribution in [3.63, 3.8) is 0 Å². The first kappa shape index (κ1) is 36.3. The Morgan fingerprint density at radius 1 is 0.431 bits per heavy atom. The Morgan fingerprint density at radius 2 is 0.828 bits per heavy atom. The Bertz CT molecular complexity index is 3020. The molecule has 10 heteroatoms. The summed E-state index contributed by atoms with van der Waals surface area (Å²) in [4.78, 5) is 3.88. The van der Waals surface area contributed by atoms with E-state index in [4.69, 9.17) is 6.57 Å². The van der Waals surface area contributed by atoms with Crippen molar-refractivity contribution in [2.45, 2.75) is 0 Å². The number of nitriles is 9.